The van der Waals surface area contributed by atoms with Crippen molar-refractivity contribution in [1.82, 2.24) is 4.57 Å². The van der Waals surface area contributed by atoms with Gasteiger partial charge in [0, 0.05) is 38.9 Å². The summed E-state index contributed by atoms with van der Waals surface area (Å²) in [4.78, 5) is 4.56. The van der Waals surface area contributed by atoms with E-state index < -0.39 is 0 Å². The first-order valence-electron chi connectivity index (χ1n) is 7.71. The molecule has 0 atom stereocenters. The number of rotatable bonds is 3. The van der Waals surface area contributed by atoms with Crippen LogP contribution in [-0.2, 0) is 0 Å². The van der Waals surface area contributed by atoms with E-state index in [2.05, 4.69) is 29.5 Å². The Labute approximate surface area is 152 Å². The number of aliphatic imine (C=N–C) groups is 1. The van der Waals surface area contributed by atoms with E-state index in [4.69, 9.17) is 23.2 Å². The van der Waals surface area contributed by atoms with Gasteiger partial charge < -0.3 is 4.57 Å². The molecule has 0 amide bonds. The van der Waals surface area contributed by atoms with Crippen LogP contribution >= 0.6 is 23.2 Å². The molecular formula is C20H18Cl2N2. The van der Waals surface area contributed by atoms with Crippen LogP contribution in [-0.4, -0.2) is 10.8 Å². The van der Waals surface area contributed by atoms with E-state index in [1.807, 2.05) is 55.6 Å². The maximum absolute atomic E-state index is 6.16. The molecule has 0 aliphatic rings. The van der Waals surface area contributed by atoms with Gasteiger partial charge in [-0.05, 0) is 62.7 Å². The van der Waals surface area contributed by atoms with Crippen molar-refractivity contribution in [2.75, 3.05) is 0 Å². The smallest absolute Gasteiger partial charge is 0.0644 e. The zero-order valence-corrected chi connectivity index (χ0v) is 15.4. The molecule has 0 saturated heterocycles. The van der Waals surface area contributed by atoms with Crippen molar-refractivity contribution in [3.63, 3.8) is 0 Å². The number of hydrogen-bond acceptors (Lipinski definition) is 1. The quantitative estimate of drug-likeness (QED) is 0.479. The molecule has 0 N–H and O–H groups in total. The van der Waals surface area contributed by atoms with E-state index in [-0.39, 0.29) is 0 Å². The molecule has 3 aromatic rings. The molecule has 122 valence electrons. The Morgan fingerprint density at radius 1 is 0.958 bits per heavy atom. The van der Waals surface area contributed by atoms with Gasteiger partial charge in [-0.25, -0.2) is 0 Å². The third kappa shape index (κ3) is 3.40. The lowest BCUT2D eigenvalue weighted by Crippen LogP contribution is -1.99. The Morgan fingerprint density at radius 2 is 1.75 bits per heavy atom. The highest BCUT2D eigenvalue weighted by Gasteiger charge is 2.09. The third-order valence-electron chi connectivity index (χ3n) is 4.04. The summed E-state index contributed by atoms with van der Waals surface area (Å²) in [6.45, 7) is 6.14. The number of halogens is 2. The molecule has 1 heterocycles. The molecule has 1 aromatic heterocycles. The Bertz CT molecular complexity index is 923. The second kappa shape index (κ2) is 6.84. The molecule has 0 spiro atoms. The molecule has 0 fully saturated rings. The predicted octanol–water partition coefficient (Wildman–Crippen LogP) is 6.46. The highest BCUT2D eigenvalue weighted by atomic mass is 35.5. The van der Waals surface area contributed by atoms with Crippen LogP contribution in [0.4, 0.5) is 5.69 Å². The van der Waals surface area contributed by atoms with Crippen LogP contribution in [0.25, 0.3) is 5.69 Å². The van der Waals surface area contributed by atoms with Gasteiger partial charge in [0.05, 0.1) is 5.69 Å². The Kier molecular flexibility index (Phi) is 4.79. The summed E-state index contributed by atoms with van der Waals surface area (Å²) in [5.41, 5.74) is 6.28. The average Bonchev–Trinajstić information content (AvgIpc) is 2.82. The highest BCUT2D eigenvalue weighted by Crippen LogP contribution is 2.24. The molecule has 24 heavy (non-hydrogen) atoms. The number of benzene rings is 2. The molecule has 4 heteroatoms. The van der Waals surface area contributed by atoms with Gasteiger partial charge in [0.1, 0.15) is 0 Å². The average molecular weight is 357 g/mol. The second-order valence-electron chi connectivity index (χ2n) is 5.83. The van der Waals surface area contributed by atoms with Crippen molar-refractivity contribution >= 4 is 35.1 Å². The van der Waals surface area contributed by atoms with Crippen molar-refractivity contribution in [2.45, 2.75) is 20.8 Å². The summed E-state index contributed by atoms with van der Waals surface area (Å²) in [6.07, 6.45) is 1.88. The first-order chi connectivity index (χ1) is 11.5. The molecule has 0 bridgehead atoms. The normalized spacial score (nSPS) is 11.4. The molecule has 0 radical (unpaired) electrons. The van der Waals surface area contributed by atoms with E-state index in [0.29, 0.717) is 0 Å². The second-order valence-corrected chi connectivity index (χ2v) is 6.68. The summed E-state index contributed by atoms with van der Waals surface area (Å²) < 4.78 is 2.18. The Hall–Kier alpha value is -2.03. The van der Waals surface area contributed by atoms with E-state index >= 15 is 0 Å². The van der Waals surface area contributed by atoms with Crippen LogP contribution in [0.2, 0.25) is 10.0 Å². The van der Waals surface area contributed by atoms with Crippen molar-refractivity contribution in [1.29, 1.82) is 0 Å². The van der Waals surface area contributed by atoms with Gasteiger partial charge >= 0.3 is 0 Å². The van der Waals surface area contributed by atoms with Gasteiger partial charge in [0.15, 0.2) is 0 Å². The Balaban J connectivity index is 1.97. The zero-order valence-electron chi connectivity index (χ0n) is 13.8. The van der Waals surface area contributed by atoms with Crippen LogP contribution in [0.5, 0.6) is 0 Å². The van der Waals surface area contributed by atoms with Crippen molar-refractivity contribution in [2.24, 2.45) is 4.99 Å². The first kappa shape index (κ1) is 16.8. The maximum atomic E-state index is 6.16. The molecule has 0 aliphatic carbocycles. The van der Waals surface area contributed by atoms with E-state index in [1.54, 1.807) is 0 Å². The van der Waals surface area contributed by atoms with Gasteiger partial charge in [-0.1, -0.05) is 35.3 Å². The molecule has 0 saturated carbocycles. The van der Waals surface area contributed by atoms with Gasteiger partial charge in [-0.15, -0.1) is 0 Å². The van der Waals surface area contributed by atoms with Gasteiger partial charge in [0.2, 0.25) is 0 Å². The topological polar surface area (TPSA) is 17.3 Å². The van der Waals surface area contributed by atoms with Crippen LogP contribution < -0.4 is 0 Å². The van der Waals surface area contributed by atoms with Crippen molar-refractivity contribution in [3.8, 4) is 5.69 Å². The molecule has 2 aromatic carbocycles. The molecule has 3 rings (SSSR count). The predicted molar refractivity (Wildman–Crippen MR) is 104 cm³/mol. The molecule has 2 nitrogen and oxygen atoms in total. The van der Waals surface area contributed by atoms with E-state index in [9.17, 15) is 0 Å². The fraction of sp³-hybridized carbons (Fsp3) is 0.150. The lowest BCUT2D eigenvalue weighted by molar-refractivity contribution is 0.965. The number of aromatic nitrogens is 1. The SMILES string of the molecule is Cc1ccc(N=Cc2cc(C)n(-c3cccc(Cl)c3)c2C)cc1Cl. The minimum atomic E-state index is 0.726. The summed E-state index contributed by atoms with van der Waals surface area (Å²) in [6, 6.07) is 15.8. The first-order valence-corrected chi connectivity index (χ1v) is 8.46. The van der Waals surface area contributed by atoms with Crippen LogP contribution in [0, 0.1) is 20.8 Å². The summed E-state index contributed by atoms with van der Waals surface area (Å²) in [5, 5.41) is 1.46. The van der Waals surface area contributed by atoms with Gasteiger partial charge in [0.25, 0.3) is 0 Å². The number of aryl methyl sites for hydroxylation is 2. The van der Waals surface area contributed by atoms with Gasteiger partial charge in [-0.3, -0.25) is 4.99 Å². The number of nitrogens with zero attached hydrogens (tertiary/aromatic N) is 2. The fourth-order valence-corrected chi connectivity index (χ4v) is 3.10. The summed E-state index contributed by atoms with van der Waals surface area (Å²) in [5.74, 6) is 0. The fourth-order valence-electron chi connectivity index (χ4n) is 2.74. The largest absolute Gasteiger partial charge is 0.318 e. The third-order valence-corrected chi connectivity index (χ3v) is 4.69. The van der Waals surface area contributed by atoms with Crippen LogP contribution in [0.15, 0.2) is 53.5 Å². The number of hydrogen-bond donors (Lipinski definition) is 0. The minimum Gasteiger partial charge on any atom is -0.318 e. The monoisotopic (exact) mass is 356 g/mol. The van der Waals surface area contributed by atoms with Crippen molar-refractivity contribution < 1.29 is 0 Å². The lowest BCUT2D eigenvalue weighted by Gasteiger charge is -2.09. The zero-order chi connectivity index (χ0) is 17.3. The van der Waals surface area contributed by atoms with Gasteiger partial charge in [-0.2, -0.15) is 0 Å². The van der Waals surface area contributed by atoms with Crippen LogP contribution in [0.1, 0.15) is 22.5 Å². The van der Waals surface area contributed by atoms with Crippen molar-refractivity contribution in [3.05, 3.63) is 81.1 Å². The van der Waals surface area contributed by atoms with E-state index in [0.717, 1.165) is 43.9 Å². The molecular weight excluding hydrogens is 339 g/mol. The standard InChI is InChI=1S/C20H18Cl2N2/c1-13-7-8-18(11-20(13)22)23-12-16-9-14(2)24(15(16)3)19-6-4-5-17(21)10-19/h4-12H,1-3H3. The molecule has 0 unspecified atom stereocenters. The van der Waals surface area contributed by atoms with Crippen LogP contribution in [0.3, 0.4) is 0 Å². The minimum absolute atomic E-state index is 0.726. The molecule has 0 aliphatic heterocycles. The van der Waals surface area contributed by atoms with E-state index in [1.165, 1.54) is 0 Å². The summed E-state index contributed by atoms with van der Waals surface area (Å²) >= 11 is 12.3. The Morgan fingerprint density at radius 3 is 2.46 bits per heavy atom. The summed E-state index contributed by atoms with van der Waals surface area (Å²) in [7, 11) is 0. The maximum Gasteiger partial charge on any atom is 0.0644 e. The lowest BCUT2D eigenvalue weighted by atomic mass is 10.2. The highest BCUT2D eigenvalue weighted by molar-refractivity contribution is 6.31.